The number of aryl methyl sites for hydroxylation is 2. The molecule has 1 heterocycles. The Balaban J connectivity index is 2.08. The zero-order valence-electron chi connectivity index (χ0n) is 11.0. The number of nitrogens with zero attached hydrogens (tertiary/aromatic N) is 1. The van der Waals surface area contributed by atoms with E-state index in [9.17, 15) is 4.79 Å². The van der Waals surface area contributed by atoms with Crippen LogP contribution in [-0.2, 0) is 6.54 Å². The molecule has 0 saturated heterocycles. The first kappa shape index (κ1) is 13.1. The fourth-order valence-electron chi connectivity index (χ4n) is 1.90. The van der Waals surface area contributed by atoms with Crippen LogP contribution in [0.3, 0.4) is 0 Å². The van der Waals surface area contributed by atoms with E-state index in [0.717, 1.165) is 22.6 Å². The van der Waals surface area contributed by atoms with Crippen LogP contribution in [0, 0.1) is 13.8 Å². The minimum atomic E-state index is -0.899. The van der Waals surface area contributed by atoms with Gasteiger partial charge in [0, 0.05) is 11.4 Å². The molecule has 1 aromatic carbocycles. The van der Waals surface area contributed by atoms with Crippen LogP contribution in [0.4, 0.5) is 5.69 Å². The molecule has 0 fully saturated rings. The maximum atomic E-state index is 10.9. The number of carbonyl (C=O) groups is 1. The lowest BCUT2D eigenvalue weighted by molar-refractivity contribution is 0.0696. The molecule has 2 N–H and O–H groups in total. The zero-order valence-corrected chi connectivity index (χ0v) is 11.0. The summed E-state index contributed by atoms with van der Waals surface area (Å²) in [5, 5.41) is 12.2. The highest BCUT2D eigenvalue weighted by Crippen LogP contribution is 2.16. The highest BCUT2D eigenvalue weighted by molar-refractivity contribution is 5.89. The third-order valence-corrected chi connectivity index (χ3v) is 2.88. The van der Waals surface area contributed by atoms with Gasteiger partial charge in [-0.2, -0.15) is 0 Å². The van der Waals surface area contributed by atoms with Gasteiger partial charge in [0.05, 0.1) is 17.8 Å². The Kier molecular flexibility index (Phi) is 3.80. The predicted octanol–water partition coefficient (Wildman–Crippen LogP) is 3.01. The van der Waals surface area contributed by atoms with Gasteiger partial charge in [0.25, 0.3) is 0 Å². The first-order chi connectivity index (χ1) is 9.06. The molecule has 0 unspecified atom stereocenters. The molecule has 2 rings (SSSR count). The summed E-state index contributed by atoms with van der Waals surface area (Å²) in [6, 6.07) is 11.1. The van der Waals surface area contributed by atoms with Crippen molar-refractivity contribution in [2.45, 2.75) is 20.4 Å². The Bertz CT molecular complexity index is 609. The van der Waals surface area contributed by atoms with E-state index in [2.05, 4.69) is 10.3 Å². The van der Waals surface area contributed by atoms with E-state index in [1.54, 1.807) is 19.1 Å². The maximum Gasteiger partial charge on any atom is 0.335 e. The Morgan fingerprint density at radius 3 is 2.68 bits per heavy atom. The van der Waals surface area contributed by atoms with Crippen molar-refractivity contribution in [2.24, 2.45) is 0 Å². The van der Waals surface area contributed by atoms with E-state index in [4.69, 9.17) is 5.11 Å². The molecule has 0 saturated carbocycles. The molecule has 0 spiro atoms. The van der Waals surface area contributed by atoms with Crippen LogP contribution in [0.2, 0.25) is 0 Å². The number of pyridine rings is 1. The molecule has 2 aromatic rings. The lowest BCUT2D eigenvalue weighted by Gasteiger charge is -2.08. The van der Waals surface area contributed by atoms with Crippen LogP contribution in [0.15, 0.2) is 36.4 Å². The van der Waals surface area contributed by atoms with Crippen molar-refractivity contribution >= 4 is 11.7 Å². The quantitative estimate of drug-likeness (QED) is 0.882. The summed E-state index contributed by atoms with van der Waals surface area (Å²) in [6.45, 7) is 4.36. The first-order valence-corrected chi connectivity index (χ1v) is 6.06. The zero-order chi connectivity index (χ0) is 13.8. The van der Waals surface area contributed by atoms with Gasteiger partial charge >= 0.3 is 5.97 Å². The number of aromatic nitrogens is 1. The molecule has 19 heavy (non-hydrogen) atoms. The van der Waals surface area contributed by atoms with Crippen LogP contribution >= 0.6 is 0 Å². The summed E-state index contributed by atoms with van der Waals surface area (Å²) in [4.78, 5) is 15.3. The van der Waals surface area contributed by atoms with Crippen LogP contribution in [-0.4, -0.2) is 16.1 Å². The van der Waals surface area contributed by atoms with Gasteiger partial charge in [0.1, 0.15) is 0 Å². The molecule has 98 valence electrons. The summed E-state index contributed by atoms with van der Waals surface area (Å²) in [5.41, 5.74) is 3.91. The number of carboxylic acids is 1. The standard InChI is InChI=1S/C15H16N2O2/c1-10-8-12(6-7-14(10)15(18)19)16-9-13-5-3-4-11(2)17-13/h3-8,16H,9H2,1-2H3,(H,18,19). The largest absolute Gasteiger partial charge is 0.478 e. The van der Waals surface area contributed by atoms with E-state index in [1.807, 2.05) is 31.2 Å². The lowest BCUT2D eigenvalue weighted by atomic mass is 10.1. The Morgan fingerprint density at radius 1 is 1.26 bits per heavy atom. The van der Waals surface area contributed by atoms with Crippen molar-refractivity contribution in [3.63, 3.8) is 0 Å². The summed E-state index contributed by atoms with van der Waals surface area (Å²) in [5.74, 6) is -0.899. The lowest BCUT2D eigenvalue weighted by Crippen LogP contribution is -2.04. The molecule has 0 atom stereocenters. The van der Waals surface area contributed by atoms with Crippen LogP contribution in [0.5, 0.6) is 0 Å². The third kappa shape index (κ3) is 3.31. The molecule has 0 bridgehead atoms. The molecular weight excluding hydrogens is 240 g/mol. The average Bonchev–Trinajstić information content (AvgIpc) is 2.36. The SMILES string of the molecule is Cc1cccc(CNc2ccc(C(=O)O)c(C)c2)n1. The molecule has 0 amide bonds. The molecule has 1 aromatic heterocycles. The second kappa shape index (κ2) is 5.52. The van der Waals surface area contributed by atoms with Gasteiger partial charge in [-0.05, 0) is 49.7 Å². The number of hydrogen-bond donors (Lipinski definition) is 2. The first-order valence-electron chi connectivity index (χ1n) is 6.06. The molecule has 0 aliphatic carbocycles. The van der Waals surface area contributed by atoms with Gasteiger partial charge in [-0.15, -0.1) is 0 Å². The summed E-state index contributed by atoms with van der Waals surface area (Å²) in [7, 11) is 0. The van der Waals surface area contributed by atoms with E-state index in [0.29, 0.717) is 12.1 Å². The molecule has 0 aliphatic rings. The number of nitrogens with one attached hydrogen (secondary N) is 1. The smallest absolute Gasteiger partial charge is 0.335 e. The second-order valence-corrected chi connectivity index (χ2v) is 4.46. The number of carboxylic acid groups (broad SMARTS) is 1. The Morgan fingerprint density at radius 2 is 2.05 bits per heavy atom. The third-order valence-electron chi connectivity index (χ3n) is 2.88. The number of rotatable bonds is 4. The van der Waals surface area contributed by atoms with Gasteiger partial charge in [0.2, 0.25) is 0 Å². The van der Waals surface area contributed by atoms with Crippen LogP contribution in [0.25, 0.3) is 0 Å². The maximum absolute atomic E-state index is 10.9. The van der Waals surface area contributed by atoms with Crippen molar-refractivity contribution in [2.75, 3.05) is 5.32 Å². The number of anilines is 1. The fourth-order valence-corrected chi connectivity index (χ4v) is 1.90. The molecule has 4 nitrogen and oxygen atoms in total. The minimum Gasteiger partial charge on any atom is -0.478 e. The molecule has 0 aliphatic heterocycles. The number of benzene rings is 1. The Hall–Kier alpha value is -2.36. The number of hydrogen-bond acceptors (Lipinski definition) is 3. The highest BCUT2D eigenvalue weighted by atomic mass is 16.4. The Labute approximate surface area is 112 Å². The summed E-state index contributed by atoms with van der Waals surface area (Å²) in [6.07, 6.45) is 0. The topological polar surface area (TPSA) is 62.2 Å². The molecular formula is C15H16N2O2. The van der Waals surface area contributed by atoms with Gasteiger partial charge in [0.15, 0.2) is 0 Å². The van der Waals surface area contributed by atoms with Crippen molar-refractivity contribution in [1.29, 1.82) is 0 Å². The van der Waals surface area contributed by atoms with Crippen molar-refractivity contribution in [3.05, 3.63) is 58.9 Å². The molecule has 4 heteroatoms. The van der Waals surface area contributed by atoms with Gasteiger partial charge in [-0.1, -0.05) is 6.07 Å². The van der Waals surface area contributed by atoms with Crippen LogP contribution in [0.1, 0.15) is 27.3 Å². The van der Waals surface area contributed by atoms with E-state index >= 15 is 0 Å². The normalized spacial score (nSPS) is 10.2. The van der Waals surface area contributed by atoms with E-state index in [-0.39, 0.29) is 0 Å². The van der Waals surface area contributed by atoms with Gasteiger partial charge in [-0.3, -0.25) is 4.98 Å². The van der Waals surface area contributed by atoms with Gasteiger partial charge < -0.3 is 10.4 Å². The van der Waals surface area contributed by atoms with Crippen molar-refractivity contribution < 1.29 is 9.90 Å². The summed E-state index contributed by atoms with van der Waals surface area (Å²) >= 11 is 0. The van der Waals surface area contributed by atoms with Gasteiger partial charge in [-0.25, -0.2) is 4.79 Å². The monoisotopic (exact) mass is 256 g/mol. The van der Waals surface area contributed by atoms with Crippen molar-refractivity contribution in [3.8, 4) is 0 Å². The second-order valence-electron chi connectivity index (χ2n) is 4.46. The van der Waals surface area contributed by atoms with Crippen LogP contribution < -0.4 is 5.32 Å². The van der Waals surface area contributed by atoms with Crippen molar-refractivity contribution in [1.82, 2.24) is 4.98 Å². The number of aromatic carboxylic acids is 1. The molecule has 0 radical (unpaired) electrons. The predicted molar refractivity (Wildman–Crippen MR) is 74.4 cm³/mol. The van der Waals surface area contributed by atoms with E-state index in [1.165, 1.54) is 0 Å². The minimum absolute atomic E-state index is 0.333. The average molecular weight is 256 g/mol. The highest BCUT2D eigenvalue weighted by Gasteiger charge is 2.06. The van der Waals surface area contributed by atoms with E-state index < -0.39 is 5.97 Å². The fraction of sp³-hybridized carbons (Fsp3) is 0.200. The summed E-state index contributed by atoms with van der Waals surface area (Å²) < 4.78 is 0.